The maximum Gasteiger partial charge on any atom is 0.0545 e. The van der Waals surface area contributed by atoms with Crippen LogP contribution in [0.2, 0.25) is 0 Å². The van der Waals surface area contributed by atoms with Crippen LogP contribution in [0.5, 0.6) is 0 Å². The van der Waals surface area contributed by atoms with Crippen molar-refractivity contribution in [1.29, 1.82) is 0 Å². The monoisotopic (exact) mass is 190 g/mol. The Morgan fingerprint density at radius 3 is 2.07 bits per heavy atom. The molecule has 0 fully saturated rings. The van der Waals surface area contributed by atoms with E-state index in [0.717, 1.165) is 13.1 Å². The molecule has 0 unspecified atom stereocenters. The molecular formula is C13H20N. The highest BCUT2D eigenvalue weighted by Gasteiger charge is 2.03. The summed E-state index contributed by atoms with van der Waals surface area (Å²) in [5.74, 6) is 0. The molecule has 0 amide bonds. The zero-order chi connectivity index (χ0) is 10.2. The van der Waals surface area contributed by atoms with Crippen LogP contribution in [0.15, 0.2) is 30.3 Å². The summed E-state index contributed by atoms with van der Waals surface area (Å²) in [4.78, 5) is 2.40. The first-order valence-electron chi connectivity index (χ1n) is 5.50. The van der Waals surface area contributed by atoms with Crippen LogP contribution in [0.25, 0.3) is 0 Å². The lowest BCUT2D eigenvalue weighted by molar-refractivity contribution is 0.345. The van der Waals surface area contributed by atoms with Crippen molar-refractivity contribution in [2.24, 2.45) is 0 Å². The van der Waals surface area contributed by atoms with E-state index in [9.17, 15) is 0 Å². The summed E-state index contributed by atoms with van der Waals surface area (Å²) in [5, 5.41) is 0. The predicted molar refractivity (Wildman–Crippen MR) is 62.0 cm³/mol. The minimum Gasteiger partial charge on any atom is -0.294 e. The van der Waals surface area contributed by atoms with Gasteiger partial charge in [0.15, 0.2) is 0 Å². The highest BCUT2D eigenvalue weighted by molar-refractivity contribution is 5.21. The van der Waals surface area contributed by atoms with Gasteiger partial charge in [-0.3, -0.25) is 4.90 Å². The summed E-state index contributed by atoms with van der Waals surface area (Å²) in [5.41, 5.74) is 1.30. The molecule has 0 saturated heterocycles. The maximum absolute atomic E-state index is 2.40. The molecule has 0 aliphatic heterocycles. The smallest absolute Gasteiger partial charge is 0.0545 e. The Bertz CT molecular complexity index is 224. The first kappa shape index (κ1) is 11.3. The van der Waals surface area contributed by atoms with Gasteiger partial charge in [-0.25, -0.2) is 0 Å². The lowest BCUT2D eigenvalue weighted by Crippen LogP contribution is -2.22. The minimum absolute atomic E-state index is 1.16. The van der Waals surface area contributed by atoms with Gasteiger partial charge in [-0.15, -0.1) is 0 Å². The summed E-state index contributed by atoms with van der Waals surface area (Å²) in [7, 11) is 0. The fourth-order valence-electron chi connectivity index (χ4n) is 1.57. The van der Waals surface area contributed by atoms with Crippen LogP contribution in [0.3, 0.4) is 0 Å². The van der Waals surface area contributed by atoms with Crippen LogP contribution < -0.4 is 0 Å². The largest absolute Gasteiger partial charge is 0.294 e. The molecule has 1 aromatic rings. The summed E-state index contributed by atoms with van der Waals surface area (Å²) >= 11 is 0. The number of rotatable bonds is 6. The van der Waals surface area contributed by atoms with Gasteiger partial charge < -0.3 is 0 Å². The fourth-order valence-corrected chi connectivity index (χ4v) is 1.57. The second-order valence-corrected chi connectivity index (χ2v) is 3.58. The van der Waals surface area contributed by atoms with Gasteiger partial charge in [0, 0.05) is 0 Å². The molecule has 0 spiro atoms. The first-order valence-corrected chi connectivity index (χ1v) is 5.50. The molecule has 0 aliphatic carbocycles. The highest BCUT2D eigenvalue weighted by atomic mass is 15.1. The van der Waals surface area contributed by atoms with E-state index in [2.05, 4.69) is 55.6 Å². The van der Waals surface area contributed by atoms with Crippen molar-refractivity contribution in [3.63, 3.8) is 0 Å². The SMILES string of the molecule is CCCN([CH]c1ccccc1)CCC. The summed E-state index contributed by atoms with van der Waals surface area (Å²) < 4.78 is 0. The first-order chi connectivity index (χ1) is 6.86. The third-order valence-corrected chi connectivity index (χ3v) is 2.15. The number of hydrogen-bond donors (Lipinski definition) is 0. The van der Waals surface area contributed by atoms with Crippen LogP contribution in [0, 0.1) is 6.54 Å². The van der Waals surface area contributed by atoms with Crippen LogP contribution in [-0.2, 0) is 0 Å². The van der Waals surface area contributed by atoms with E-state index in [1.165, 1.54) is 18.4 Å². The Morgan fingerprint density at radius 2 is 1.57 bits per heavy atom. The van der Waals surface area contributed by atoms with Crippen LogP contribution in [0.4, 0.5) is 0 Å². The molecule has 77 valence electrons. The van der Waals surface area contributed by atoms with Crippen molar-refractivity contribution >= 4 is 0 Å². The van der Waals surface area contributed by atoms with E-state index in [-0.39, 0.29) is 0 Å². The molecule has 1 nitrogen and oxygen atoms in total. The molecule has 0 N–H and O–H groups in total. The van der Waals surface area contributed by atoms with Gasteiger partial charge in [-0.1, -0.05) is 44.2 Å². The Morgan fingerprint density at radius 1 is 1.00 bits per heavy atom. The zero-order valence-corrected chi connectivity index (χ0v) is 9.24. The van der Waals surface area contributed by atoms with Crippen molar-refractivity contribution in [3.8, 4) is 0 Å². The number of nitrogens with zero attached hydrogens (tertiary/aromatic N) is 1. The lowest BCUT2D eigenvalue weighted by Gasteiger charge is -2.20. The van der Waals surface area contributed by atoms with Crippen molar-refractivity contribution in [2.75, 3.05) is 13.1 Å². The van der Waals surface area contributed by atoms with Crippen molar-refractivity contribution in [2.45, 2.75) is 26.7 Å². The minimum atomic E-state index is 1.16. The maximum atomic E-state index is 2.40. The van der Waals surface area contributed by atoms with E-state index < -0.39 is 0 Å². The van der Waals surface area contributed by atoms with E-state index in [0.29, 0.717) is 0 Å². The Labute approximate surface area is 87.7 Å². The Kier molecular flexibility index (Phi) is 5.31. The molecule has 0 saturated carbocycles. The topological polar surface area (TPSA) is 3.24 Å². The highest BCUT2D eigenvalue weighted by Crippen LogP contribution is 2.07. The molecule has 1 radical (unpaired) electrons. The summed E-state index contributed by atoms with van der Waals surface area (Å²) in [6, 6.07) is 10.5. The van der Waals surface area contributed by atoms with Crippen LogP contribution in [0.1, 0.15) is 32.3 Å². The Balaban J connectivity index is 2.46. The average molecular weight is 190 g/mol. The normalized spacial score (nSPS) is 10.8. The molecule has 1 aromatic carbocycles. The predicted octanol–water partition coefficient (Wildman–Crippen LogP) is 3.32. The second kappa shape index (κ2) is 6.61. The molecule has 14 heavy (non-hydrogen) atoms. The van der Waals surface area contributed by atoms with E-state index >= 15 is 0 Å². The summed E-state index contributed by atoms with van der Waals surface area (Å²) in [6.45, 7) is 9.02. The van der Waals surface area contributed by atoms with E-state index in [1.54, 1.807) is 0 Å². The Hall–Kier alpha value is -0.820. The third kappa shape index (κ3) is 3.93. The van der Waals surface area contributed by atoms with Gasteiger partial charge >= 0.3 is 0 Å². The molecule has 0 aromatic heterocycles. The lowest BCUT2D eigenvalue weighted by atomic mass is 10.2. The second-order valence-electron chi connectivity index (χ2n) is 3.58. The number of hydrogen-bond acceptors (Lipinski definition) is 1. The van der Waals surface area contributed by atoms with E-state index in [4.69, 9.17) is 0 Å². The molecule has 0 atom stereocenters. The van der Waals surface area contributed by atoms with Crippen LogP contribution >= 0.6 is 0 Å². The molecule has 0 heterocycles. The summed E-state index contributed by atoms with van der Waals surface area (Å²) in [6.07, 6.45) is 2.42. The molecule has 0 bridgehead atoms. The quantitative estimate of drug-likeness (QED) is 0.665. The molecule has 1 heteroatoms. The van der Waals surface area contributed by atoms with Gasteiger partial charge in [-0.05, 0) is 31.5 Å². The van der Waals surface area contributed by atoms with Gasteiger partial charge in [-0.2, -0.15) is 0 Å². The zero-order valence-electron chi connectivity index (χ0n) is 9.24. The van der Waals surface area contributed by atoms with Gasteiger partial charge in [0.1, 0.15) is 0 Å². The van der Waals surface area contributed by atoms with E-state index in [1.807, 2.05) is 0 Å². The number of benzene rings is 1. The van der Waals surface area contributed by atoms with Crippen molar-refractivity contribution in [1.82, 2.24) is 4.90 Å². The molecule has 0 aliphatic rings. The molecule has 1 rings (SSSR count). The third-order valence-electron chi connectivity index (χ3n) is 2.15. The van der Waals surface area contributed by atoms with Gasteiger partial charge in [0.25, 0.3) is 0 Å². The van der Waals surface area contributed by atoms with Gasteiger partial charge in [0.05, 0.1) is 6.54 Å². The van der Waals surface area contributed by atoms with Crippen LogP contribution in [-0.4, -0.2) is 18.0 Å². The molecular weight excluding hydrogens is 170 g/mol. The van der Waals surface area contributed by atoms with Gasteiger partial charge in [0.2, 0.25) is 0 Å². The van der Waals surface area contributed by atoms with Crippen molar-refractivity contribution in [3.05, 3.63) is 42.4 Å². The average Bonchev–Trinajstić information content (AvgIpc) is 2.20. The van der Waals surface area contributed by atoms with Crippen molar-refractivity contribution < 1.29 is 0 Å². The standard InChI is InChI=1S/C13H20N/c1-3-10-14(11-4-2)12-13-8-6-5-7-9-13/h5-9,12H,3-4,10-11H2,1-2H3. The fraction of sp³-hybridized carbons (Fsp3) is 0.462.